The van der Waals surface area contributed by atoms with Crippen LogP contribution < -0.4 is 16.1 Å². The number of rotatable bonds is 5. The predicted molar refractivity (Wildman–Crippen MR) is 109 cm³/mol. The van der Waals surface area contributed by atoms with Crippen LogP contribution in [0.2, 0.25) is 0 Å². The van der Waals surface area contributed by atoms with Gasteiger partial charge in [-0.3, -0.25) is 0 Å². The summed E-state index contributed by atoms with van der Waals surface area (Å²) in [6.45, 7) is 4.03. The Morgan fingerprint density at radius 3 is 2.62 bits per heavy atom. The van der Waals surface area contributed by atoms with Gasteiger partial charge in [0.05, 0.1) is 0 Å². The molecule has 2 fully saturated rings. The van der Waals surface area contributed by atoms with E-state index in [4.69, 9.17) is 4.74 Å². The van der Waals surface area contributed by atoms with E-state index in [9.17, 15) is 9.59 Å². The Bertz CT molecular complexity index is 819. The normalized spacial score (nSPS) is 19.2. The van der Waals surface area contributed by atoms with Crippen molar-refractivity contribution in [2.45, 2.75) is 12.8 Å². The van der Waals surface area contributed by atoms with Crippen LogP contribution in [0.3, 0.4) is 0 Å². The molecule has 4 heterocycles. The van der Waals surface area contributed by atoms with Crippen molar-refractivity contribution >= 4 is 42.8 Å². The second-order valence-electron chi connectivity index (χ2n) is 7.10. The van der Waals surface area contributed by atoms with Crippen LogP contribution in [0, 0.1) is 0 Å². The number of allylic oxidation sites excluding steroid dienone is 2. The van der Waals surface area contributed by atoms with Crippen molar-refractivity contribution in [3.05, 3.63) is 31.8 Å². The first kappa shape index (κ1) is 20.2. The summed E-state index contributed by atoms with van der Waals surface area (Å²) in [5.41, 5.74) is 3.06. The molecule has 10 nitrogen and oxygen atoms in total. The first-order valence-corrected chi connectivity index (χ1v) is 15.1. The topological polar surface area (TPSA) is 112 Å². The Morgan fingerprint density at radius 1 is 1.07 bits per heavy atom. The van der Waals surface area contributed by atoms with Gasteiger partial charge in [-0.15, -0.1) is 0 Å². The molecule has 3 N–H and O–H groups in total. The van der Waals surface area contributed by atoms with E-state index in [1.165, 1.54) is 6.33 Å². The molecule has 3 amide bonds. The number of hydrazine groups is 1. The third-order valence-electron chi connectivity index (χ3n) is 5.04. The van der Waals surface area contributed by atoms with Crippen LogP contribution >= 0.6 is 0 Å². The molecule has 3 aliphatic rings. The van der Waals surface area contributed by atoms with Gasteiger partial charge in [0.2, 0.25) is 0 Å². The summed E-state index contributed by atoms with van der Waals surface area (Å²) in [6, 6.07) is 1.47. The molecule has 1 aromatic rings. The first-order valence-electron chi connectivity index (χ1n) is 9.85. The van der Waals surface area contributed by atoms with Crippen molar-refractivity contribution in [1.82, 2.24) is 25.3 Å². The number of urea groups is 1. The Labute approximate surface area is 176 Å². The molecule has 0 radical (unpaired) electrons. The van der Waals surface area contributed by atoms with Crippen molar-refractivity contribution in [1.29, 1.82) is 0 Å². The fourth-order valence-corrected chi connectivity index (χ4v) is 9.02. The second-order valence-corrected chi connectivity index (χ2v) is 14.2. The molecule has 1 aromatic heterocycles. The standard InChI is InChI=1S/C13H15N5O2.C5H9N2O.In/c1-2-3-4-14-11-9-12(16-10-15-11)17-13(19)18-5-7-20-8-6-18;8-5-6-7-3-1-2-4-7;/h1-3,9-10H,5-8H2,(H2,14,15,16,17,19);1-4H2,(H,6,8);. The van der Waals surface area contributed by atoms with Crippen LogP contribution in [0.15, 0.2) is 31.8 Å². The number of nitrogens with one attached hydrogen (secondary N) is 3. The summed E-state index contributed by atoms with van der Waals surface area (Å²) in [6.07, 6.45) is 7.52. The number of hydrogen-bond donors (Lipinski definition) is 3. The summed E-state index contributed by atoms with van der Waals surface area (Å²) in [4.78, 5) is 35.1. The molecule has 152 valence electrons. The molecule has 3 aliphatic heterocycles. The van der Waals surface area contributed by atoms with Crippen LogP contribution in [-0.2, 0) is 4.74 Å². The summed E-state index contributed by atoms with van der Waals surface area (Å²) < 4.78 is 8.39. The number of morpholine rings is 1. The molecule has 0 spiro atoms. The van der Waals surface area contributed by atoms with Crippen molar-refractivity contribution in [3.63, 3.8) is 0 Å². The fraction of sp³-hybridized carbons (Fsp3) is 0.444. The van der Waals surface area contributed by atoms with Crippen molar-refractivity contribution in [3.8, 4) is 0 Å². The monoisotopic (exact) mass is 501 g/mol. The number of carbonyl (C=O) groups is 2. The van der Waals surface area contributed by atoms with Crippen LogP contribution in [-0.4, -0.2) is 90.4 Å². The SMILES string of the molecule is O=C(Nc1cc(N[C]2=CC=[CH][In]2[C](=O)NN2CCCC2)ncn1)N1CCOCC1. The van der Waals surface area contributed by atoms with Gasteiger partial charge in [0, 0.05) is 0 Å². The molecule has 0 atom stereocenters. The Kier molecular flexibility index (Phi) is 6.67. The molecular weight excluding hydrogens is 477 g/mol. The maximum absolute atomic E-state index is 12.7. The number of carbonyl (C=O) groups excluding carboxylic acids is 2. The average Bonchev–Trinajstić information content (AvgIpc) is 3.41. The van der Waals surface area contributed by atoms with E-state index in [-0.39, 0.29) is 9.69 Å². The van der Waals surface area contributed by atoms with Gasteiger partial charge in [0.25, 0.3) is 0 Å². The van der Waals surface area contributed by atoms with Gasteiger partial charge in [-0.25, -0.2) is 0 Å². The van der Waals surface area contributed by atoms with Crippen molar-refractivity contribution < 1.29 is 14.3 Å². The molecule has 0 aromatic carbocycles. The fourth-order valence-electron chi connectivity index (χ4n) is 3.48. The van der Waals surface area contributed by atoms with Gasteiger partial charge >= 0.3 is 177 Å². The minimum absolute atomic E-state index is 0.135. The molecule has 11 heteroatoms. The van der Waals surface area contributed by atoms with Gasteiger partial charge in [-0.1, -0.05) is 0 Å². The number of hydrogen-bond acceptors (Lipinski definition) is 7. The number of ether oxygens (including phenoxy) is 1. The Morgan fingerprint density at radius 2 is 1.83 bits per heavy atom. The van der Waals surface area contributed by atoms with Gasteiger partial charge in [0.1, 0.15) is 0 Å². The van der Waals surface area contributed by atoms with Crippen LogP contribution in [0.25, 0.3) is 0 Å². The van der Waals surface area contributed by atoms with Gasteiger partial charge in [-0.2, -0.15) is 0 Å². The van der Waals surface area contributed by atoms with Crippen LogP contribution in [0.1, 0.15) is 12.8 Å². The zero-order chi connectivity index (χ0) is 20.1. The Balaban J connectivity index is 1.35. The third-order valence-corrected chi connectivity index (χ3v) is 11.6. The maximum atomic E-state index is 12.7. The minimum atomic E-state index is -2.78. The van der Waals surface area contributed by atoms with E-state index in [1.807, 2.05) is 17.2 Å². The third kappa shape index (κ3) is 5.28. The summed E-state index contributed by atoms with van der Waals surface area (Å²) in [5.74, 6) is 0.974. The first-order chi connectivity index (χ1) is 14.2. The zero-order valence-electron chi connectivity index (χ0n) is 16.1. The average molecular weight is 501 g/mol. The molecule has 0 bridgehead atoms. The van der Waals surface area contributed by atoms with Crippen LogP contribution in [0.5, 0.6) is 0 Å². The van der Waals surface area contributed by atoms with E-state index in [0.29, 0.717) is 37.9 Å². The summed E-state index contributed by atoms with van der Waals surface area (Å²) >= 11 is -2.78. The van der Waals surface area contributed by atoms with Crippen molar-refractivity contribution in [2.24, 2.45) is 0 Å². The van der Waals surface area contributed by atoms with Gasteiger partial charge < -0.3 is 0 Å². The van der Waals surface area contributed by atoms with E-state index < -0.39 is 21.4 Å². The molecule has 0 unspecified atom stereocenters. The Hall–Kier alpha value is -2.11. The van der Waals surface area contributed by atoms with Crippen molar-refractivity contribution in [2.75, 3.05) is 50.0 Å². The van der Waals surface area contributed by atoms with Gasteiger partial charge in [-0.05, 0) is 0 Å². The van der Waals surface area contributed by atoms with E-state index >= 15 is 0 Å². The molecule has 2 saturated heterocycles. The molecule has 0 saturated carbocycles. The summed E-state index contributed by atoms with van der Waals surface area (Å²) in [7, 11) is 0. The number of amides is 3. The molecule has 0 aliphatic carbocycles. The molecule has 29 heavy (non-hydrogen) atoms. The van der Waals surface area contributed by atoms with E-state index in [2.05, 4.69) is 29.9 Å². The van der Waals surface area contributed by atoms with E-state index in [0.717, 1.165) is 29.4 Å². The quantitative estimate of drug-likeness (QED) is 0.554. The number of anilines is 2. The molecule has 4 rings (SSSR count). The van der Waals surface area contributed by atoms with Gasteiger partial charge in [0.15, 0.2) is 0 Å². The molecular formula is C18H24InN7O3. The van der Waals surface area contributed by atoms with E-state index in [1.54, 1.807) is 11.0 Å². The zero-order valence-corrected chi connectivity index (χ0v) is 19.4. The number of aromatic nitrogens is 2. The predicted octanol–water partition coefficient (Wildman–Crippen LogP) is 1.08. The van der Waals surface area contributed by atoms with Crippen LogP contribution in [0.4, 0.5) is 21.2 Å². The summed E-state index contributed by atoms with van der Waals surface area (Å²) in [5, 5.41) is 8.07. The number of nitrogens with zero attached hydrogens (tertiary/aromatic N) is 4. The second kappa shape index (κ2) is 9.59.